The number of rotatable bonds is 3. The normalized spacial score (nSPS) is 11.9. The van der Waals surface area contributed by atoms with E-state index in [0.29, 0.717) is 0 Å². The zero-order valence-corrected chi connectivity index (χ0v) is 11.3. The molecule has 0 atom stereocenters. The largest absolute Gasteiger partial charge is 0.273 e. The van der Waals surface area contributed by atoms with Gasteiger partial charge in [0.2, 0.25) is 10.0 Å². The number of aryl methyl sites for hydroxylation is 2. The van der Waals surface area contributed by atoms with Gasteiger partial charge in [-0.25, -0.2) is 8.42 Å². The van der Waals surface area contributed by atoms with Crippen molar-refractivity contribution in [3.8, 4) is 0 Å². The first-order valence-electron chi connectivity index (χ1n) is 5.31. The molecule has 0 spiro atoms. The Morgan fingerprint density at radius 2 is 1.50 bits per heavy atom. The third kappa shape index (κ3) is 2.55. The van der Waals surface area contributed by atoms with Crippen molar-refractivity contribution in [2.24, 2.45) is 0 Å². The van der Waals surface area contributed by atoms with Crippen LogP contribution in [0.4, 0.5) is 5.69 Å². The predicted molar refractivity (Wildman–Crippen MR) is 68.4 cm³/mol. The Bertz CT molecular complexity index is 458. The van der Waals surface area contributed by atoms with Crippen molar-refractivity contribution in [3.63, 3.8) is 0 Å². The van der Waals surface area contributed by atoms with Gasteiger partial charge in [0.05, 0.1) is 10.9 Å². The summed E-state index contributed by atoms with van der Waals surface area (Å²) in [6.45, 7) is 7.31. The van der Waals surface area contributed by atoms with Crippen molar-refractivity contribution in [1.82, 2.24) is 0 Å². The van der Waals surface area contributed by atoms with Gasteiger partial charge in [0.1, 0.15) is 0 Å². The Kier molecular flexibility index (Phi) is 3.63. The highest BCUT2D eigenvalue weighted by molar-refractivity contribution is 7.93. The van der Waals surface area contributed by atoms with Crippen LogP contribution in [0.15, 0.2) is 18.2 Å². The number of hydrogen-bond acceptors (Lipinski definition) is 2. The second kappa shape index (κ2) is 4.45. The van der Waals surface area contributed by atoms with Gasteiger partial charge in [-0.15, -0.1) is 0 Å². The molecule has 1 aromatic rings. The van der Waals surface area contributed by atoms with Crippen LogP contribution in [0.25, 0.3) is 0 Å². The maximum absolute atomic E-state index is 12.0. The van der Waals surface area contributed by atoms with E-state index < -0.39 is 15.3 Å². The second-order valence-corrected chi connectivity index (χ2v) is 6.93. The van der Waals surface area contributed by atoms with Gasteiger partial charge < -0.3 is 0 Å². The van der Waals surface area contributed by atoms with E-state index in [-0.39, 0.29) is 0 Å². The van der Waals surface area contributed by atoms with Crippen LogP contribution >= 0.6 is 0 Å². The summed E-state index contributed by atoms with van der Waals surface area (Å²) in [5.74, 6) is 0. The van der Waals surface area contributed by atoms with Gasteiger partial charge in [-0.1, -0.05) is 6.07 Å². The average molecular weight is 241 g/mol. The standard InChI is InChI=1S/C12H19NO2S/c1-9(2)16(14,15)13(5)12-7-10(3)6-11(4)8-12/h6-9H,1-5H3. The minimum atomic E-state index is -3.23. The monoisotopic (exact) mass is 241 g/mol. The van der Waals surface area contributed by atoms with E-state index in [2.05, 4.69) is 0 Å². The summed E-state index contributed by atoms with van der Waals surface area (Å²) in [4.78, 5) is 0. The molecule has 0 radical (unpaired) electrons. The van der Waals surface area contributed by atoms with Crippen molar-refractivity contribution >= 4 is 15.7 Å². The lowest BCUT2D eigenvalue weighted by Crippen LogP contribution is -2.33. The maximum atomic E-state index is 12.0. The van der Waals surface area contributed by atoms with Crippen molar-refractivity contribution < 1.29 is 8.42 Å². The highest BCUT2D eigenvalue weighted by Crippen LogP contribution is 2.21. The van der Waals surface area contributed by atoms with Crippen LogP contribution in [0.2, 0.25) is 0 Å². The number of nitrogens with zero attached hydrogens (tertiary/aromatic N) is 1. The first-order chi connectivity index (χ1) is 7.25. The molecule has 90 valence electrons. The molecule has 16 heavy (non-hydrogen) atoms. The number of sulfonamides is 1. The molecule has 0 aliphatic rings. The quantitative estimate of drug-likeness (QED) is 0.815. The number of hydrogen-bond donors (Lipinski definition) is 0. The third-order valence-corrected chi connectivity index (χ3v) is 4.71. The van der Waals surface area contributed by atoms with Crippen LogP contribution in [0.5, 0.6) is 0 Å². The lowest BCUT2D eigenvalue weighted by Gasteiger charge is -2.22. The molecular weight excluding hydrogens is 222 g/mol. The minimum absolute atomic E-state index is 0.404. The molecule has 0 aromatic heterocycles. The van der Waals surface area contributed by atoms with Gasteiger partial charge in [0.15, 0.2) is 0 Å². The van der Waals surface area contributed by atoms with Gasteiger partial charge in [-0.05, 0) is 51.0 Å². The first kappa shape index (κ1) is 13.0. The van der Waals surface area contributed by atoms with Crippen LogP contribution in [-0.4, -0.2) is 20.7 Å². The average Bonchev–Trinajstić information content (AvgIpc) is 2.14. The number of benzene rings is 1. The molecule has 0 aliphatic carbocycles. The molecule has 0 saturated carbocycles. The van der Waals surface area contributed by atoms with E-state index >= 15 is 0 Å². The van der Waals surface area contributed by atoms with Crippen molar-refractivity contribution in [2.45, 2.75) is 32.9 Å². The second-order valence-electron chi connectivity index (χ2n) is 4.41. The van der Waals surface area contributed by atoms with Crippen LogP contribution in [0.3, 0.4) is 0 Å². The van der Waals surface area contributed by atoms with E-state index in [4.69, 9.17) is 0 Å². The Morgan fingerprint density at radius 3 is 1.88 bits per heavy atom. The molecule has 0 saturated heterocycles. The molecule has 1 rings (SSSR count). The van der Waals surface area contributed by atoms with E-state index in [9.17, 15) is 8.42 Å². The van der Waals surface area contributed by atoms with Crippen LogP contribution in [0, 0.1) is 13.8 Å². The number of anilines is 1. The molecule has 0 bridgehead atoms. The van der Waals surface area contributed by atoms with Gasteiger partial charge >= 0.3 is 0 Å². The lowest BCUT2D eigenvalue weighted by molar-refractivity contribution is 0.585. The van der Waals surface area contributed by atoms with E-state index in [1.165, 1.54) is 4.31 Å². The molecule has 3 nitrogen and oxygen atoms in total. The third-order valence-electron chi connectivity index (χ3n) is 2.55. The highest BCUT2D eigenvalue weighted by atomic mass is 32.2. The predicted octanol–water partition coefficient (Wildman–Crippen LogP) is 2.48. The van der Waals surface area contributed by atoms with Gasteiger partial charge in [-0.3, -0.25) is 4.31 Å². The highest BCUT2D eigenvalue weighted by Gasteiger charge is 2.22. The molecule has 0 fully saturated rings. The van der Waals surface area contributed by atoms with Gasteiger partial charge in [0.25, 0.3) is 0 Å². The summed E-state index contributed by atoms with van der Waals surface area (Å²) in [5, 5.41) is -0.404. The molecule has 0 aliphatic heterocycles. The lowest BCUT2D eigenvalue weighted by atomic mass is 10.1. The molecular formula is C12H19NO2S. The zero-order chi connectivity index (χ0) is 12.5. The Labute approximate surface area is 98.1 Å². The topological polar surface area (TPSA) is 37.4 Å². The molecule has 0 N–H and O–H groups in total. The summed E-state index contributed by atoms with van der Waals surface area (Å²) < 4.78 is 25.3. The Balaban J connectivity index is 3.20. The van der Waals surface area contributed by atoms with Crippen molar-refractivity contribution in [3.05, 3.63) is 29.3 Å². The van der Waals surface area contributed by atoms with Crippen molar-refractivity contribution in [1.29, 1.82) is 0 Å². The van der Waals surface area contributed by atoms with Crippen LogP contribution in [-0.2, 0) is 10.0 Å². The maximum Gasteiger partial charge on any atom is 0.237 e. The Morgan fingerprint density at radius 1 is 1.06 bits per heavy atom. The van der Waals surface area contributed by atoms with Crippen LogP contribution in [0.1, 0.15) is 25.0 Å². The SMILES string of the molecule is Cc1cc(C)cc(N(C)S(=O)(=O)C(C)C)c1. The molecule has 0 heterocycles. The molecule has 0 amide bonds. The summed E-state index contributed by atoms with van der Waals surface area (Å²) in [6, 6.07) is 5.79. The molecule has 1 aromatic carbocycles. The van der Waals surface area contributed by atoms with Gasteiger partial charge in [0, 0.05) is 7.05 Å². The summed E-state index contributed by atoms with van der Waals surface area (Å²) >= 11 is 0. The fraction of sp³-hybridized carbons (Fsp3) is 0.500. The summed E-state index contributed by atoms with van der Waals surface area (Å²) in [5.41, 5.74) is 2.87. The van der Waals surface area contributed by atoms with E-state index in [0.717, 1.165) is 16.8 Å². The van der Waals surface area contributed by atoms with E-state index in [1.54, 1.807) is 20.9 Å². The molecule has 0 unspecified atom stereocenters. The van der Waals surface area contributed by atoms with E-state index in [1.807, 2.05) is 32.0 Å². The summed E-state index contributed by atoms with van der Waals surface area (Å²) in [7, 11) is -1.63. The molecule has 4 heteroatoms. The van der Waals surface area contributed by atoms with Crippen molar-refractivity contribution in [2.75, 3.05) is 11.4 Å². The first-order valence-corrected chi connectivity index (χ1v) is 6.81. The fourth-order valence-corrected chi connectivity index (χ4v) is 2.63. The fourth-order valence-electron chi connectivity index (χ4n) is 1.60. The minimum Gasteiger partial charge on any atom is -0.273 e. The van der Waals surface area contributed by atoms with Crippen LogP contribution < -0.4 is 4.31 Å². The zero-order valence-electron chi connectivity index (χ0n) is 10.5. The smallest absolute Gasteiger partial charge is 0.237 e. The Hall–Kier alpha value is -1.03. The van der Waals surface area contributed by atoms with Gasteiger partial charge in [-0.2, -0.15) is 0 Å². The summed E-state index contributed by atoms with van der Waals surface area (Å²) in [6.07, 6.45) is 0.